The number of rotatable bonds is 23. The number of aromatic hydroxyl groups is 1. The van der Waals surface area contributed by atoms with E-state index < -0.39 is 18.3 Å². The van der Waals surface area contributed by atoms with Crippen LogP contribution in [0.25, 0.3) is 27.8 Å². The molecule has 3 heterocycles. The molecule has 9 atom stereocenters. The summed E-state index contributed by atoms with van der Waals surface area (Å²) in [5.74, 6) is 3.45. The van der Waals surface area contributed by atoms with Crippen LogP contribution < -0.4 is 21.1 Å². The third kappa shape index (κ3) is 11.3. The van der Waals surface area contributed by atoms with Crippen LogP contribution in [0.1, 0.15) is 140 Å². The van der Waals surface area contributed by atoms with Crippen molar-refractivity contribution >= 4 is 27.8 Å². The Morgan fingerprint density at radius 1 is 0.913 bits per heavy atom. The summed E-state index contributed by atoms with van der Waals surface area (Å²) in [7, 11) is 1.98. The number of phenolic OH excluding ortho intramolecular Hbond substituents is 1. The molecule has 9 unspecified atom stereocenters. The molecule has 1 fully saturated rings. The lowest BCUT2D eigenvalue weighted by Crippen LogP contribution is -2.47. The summed E-state index contributed by atoms with van der Waals surface area (Å²) in [4.78, 5) is 6.87. The van der Waals surface area contributed by atoms with Gasteiger partial charge in [-0.2, -0.15) is 0 Å². The first-order valence-corrected chi connectivity index (χ1v) is 25.8. The van der Waals surface area contributed by atoms with Crippen molar-refractivity contribution < 1.29 is 34.7 Å². The number of aromatic amines is 2. The summed E-state index contributed by atoms with van der Waals surface area (Å²) < 4.78 is 12.4. The van der Waals surface area contributed by atoms with Crippen molar-refractivity contribution in [2.75, 3.05) is 26.7 Å². The smallest absolute Gasteiger partial charge is 0.161 e. The number of unbranched alkanes of at least 4 members (excludes halogenated alkanes) is 3. The standard InChI is InChI=1S/C57H75N5O7/c1-34(64)30-61-51(31-59-2)56-43-10-7-8-36(43)16-20-48-47(56)29-50(62-48)53(66)33-68-55-24-35(13-21-52(55)65)12-17-42-26-40(32-63)54(69-42)11-6-4-3-5-9-41(58)25-39-15-18-44-45(57(39)67)19-14-37-28-49-38(22-23-60-49)27-46(37)44/h13-15,18-19,21-24,26-29,34,36,39,41,43,51,53,56-57,59-67H,3-12,16-17,20,25,30-33,58H2,1-2H3. The van der Waals surface area contributed by atoms with Gasteiger partial charge < -0.3 is 61.0 Å². The number of phenols is 1. The quantitative estimate of drug-likeness (QED) is 0.0276. The van der Waals surface area contributed by atoms with Crippen LogP contribution in [0.2, 0.25) is 0 Å². The second-order valence-corrected chi connectivity index (χ2v) is 20.6. The Bertz CT molecular complexity index is 2660. The van der Waals surface area contributed by atoms with Crippen molar-refractivity contribution in [1.82, 2.24) is 20.6 Å². The first-order valence-electron chi connectivity index (χ1n) is 25.8. The van der Waals surface area contributed by atoms with E-state index in [1.807, 2.05) is 38.4 Å². The molecule has 0 bridgehead atoms. The number of nitrogens with one attached hydrogen (secondary N) is 4. The highest BCUT2D eigenvalue weighted by Crippen LogP contribution is 2.49. The Morgan fingerprint density at radius 2 is 1.78 bits per heavy atom. The molecule has 12 heteroatoms. The summed E-state index contributed by atoms with van der Waals surface area (Å²) in [6.07, 6.45) is 17.8. The Balaban J connectivity index is 0.726. The van der Waals surface area contributed by atoms with Gasteiger partial charge in [-0.15, -0.1) is 0 Å². The van der Waals surface area contributed by atoms with Crippen LogP contribution in [0.15, 0.2) is 77.4 Å². The van der Waals surface area contributed by atoms with Gasteiger partial charge in [0.15, 0.2) is 11.5 Å². The number of hydrogen-bond acceptors (Lipinski definition) is 10. The molecule has 6 aromatic rings. The summed E-state index contributed by atoms with van der Waals surface area (Å²) in [6, 6.07) is 20.2. The maximum Gasteiger partial charge on any atom is 0.161 e. The first kappa shape index (κ1) is 49.1. The zero-order chi connectivity index (χ0) is 48.0. The molecule has 3 aromatic heterocycles. The fourth-order valence-electron chi connectivity index (χ4n) is 12.0. The van der Waals surface area contributed by atoms with Crippen molar-refractivity contribution in [3.8, 4) is 11.5 Å². The van der Waals surface area contributed by atoms with E-state index in [9.17, 15) is 25.5 Å². The number of likely N-dealkylation sites (N-methyl/N-ethyl adjacent to an activating group) is 1. The number of aryl methyl sites for hydroxylation is 4. The Morgan fingerprint density at radius 3 is 2.62 bits per heavy atom. The maximum atomic E-state index is 11.5. The lowest BCUT2D eigenvalue weighted by atomic mass is 9.76. The van der Waals surface area contributed by atoms with Gasteiger partial charge in [0, 0.05) is 83.9 Å². The van der Waals surface area contributed by atoms with Gasteiger partial charge in [0.05, 0.1) is 18.8 Å². The highest BCUT2D eigenvalue weighted by molar-refractivity contribution is 6.01. The maximum absolute atomic E-state index is 11.5. The van der Waals surface area contributed by atoms with Crippen molar-refractivity contribution in [2.45, 2.75) is 140 Å². The molecule has 370 valence electrons. The third-order valence-corrected chi connectivity index (χ3v) is 15.7. The highest BCUT2D eigenvalue weighted by Gasteiger charge is 2.42. The predicted molar refractivity (Wildman–Crippen MR) is 273 cm³/mol. The number of nitrogens with two attached hydrogens (primary N) is 1. The average molecular weight is 942 g/mol. The lowest BCUT2D eigenvalue weighted by molar-refractivity contribution is 0.103. The van der Waals surface area contributed by atoms with Gasteiger partial charge >= 0.3 is 0 Å². The van der Waals surface area contributed by atoms with Crippen molar-refractivity contribution in [1.29, 1.82) is 0 Å². The molecular weight excluding hydrogens is 867 g/mol. The predicted octanol–water partition coefficient (Wildman–Crippen LogP) is 8.93. The van der Waals surface area contributed by atoms with Crippen molar-refractivity contribution in [3.05, 3.63) is 124 Å². The number of benzene rings is 3. The summed E-state index contributed by atoms with van der Waals surface area (Å²) in [6.45, 7) is 3.03. The van der Waals surface area contributed by atoms with Crippen LogP contribution in [0.3, 0.4) is 0 Å². The fraction of sp³-hybridized carbons (Fsp3) is 0.509. The van der Waals surface area contributed by atoms with Gasteiger partial charge in [-0.1, -0.05) is 62.5 Å². The van der Waals surface area contributed by atoms with E-state index in [2.05, 4.69) is 69.2 Å². The van der Waals surface area contributed by atoms with E-state index >= 15 is 0 Å². The topological polar surface area (TPSA) is 205 Å². The summed E-state index contributed by atoms with van der Waals surface area (Å²) >= 11 is 0. The molecule has 0 aliphatic heterocycles. The monoisotopic (exact) mass is 942 g/mol. The molecule has 69 heavy (non-hydrogen) atoms. The molecular formula is C57H75N5O7. The largest absolute Gasteiger partial charge is 0.504 e. The second-order valence-electron chi connectivity index (χ2n) is 20.6. The number of aliphatic hydroxyl groups is 4. The average Bonchev–Trinajstić information content (AvgIpc) is 4.17. The molecule has 0 saturated heterocycles. The molecule has 11 N–H and O–H groups in total. The number of H-pyrrole nitrogens is 2. The van der Waals surface area contributed by atoms with Crippen LogP contribution in [-0.2, 0) is 32.3 Å². The van der Waals surface area contributed by atoms with E-state index in [1.165, 1.54) is 35.9 Å². The van der Waals surface area contributed by atoms with Gasteiger partial charge in [-0.05, 0) is 146 Å². The van der Waals surface area contributed by atoms with E-state index in [0.717, 1.165) is 120 Å². The molecule has 9 rings (SSSR count). The van der Waals surface area contributed by atoms with E-state index in [-0.39, 0.29) is 42.9 Å². The van der Waals surface area contributed by atoms with Gasteiger partial charge in [-0.25, -0.2) is 0 Å². The number of hydrogen-bond donors (Lipinski definition) is 10. The minimum absolute atomic E-state index is 0.00733. The van der Waals surface area contributed by atoms with Crippen LogP contribution >= 0.6 is 0 Å². The van der Waals surface area contributed by atoms with E-state index in [4.69, 9.17) is 14.9 Å². The minimum Gasteiger partial charge on any atom is -0.504 e. The Labute approximate surface area is 406 Å². The number of fused-ring (bicyclic) bond motifs is 6. The molecule has 1 saturated carbocycles. The Kier molecular flexibility index (Phi) is 16.0. The number of aromatic nitrogens is 2. The van der Waals surface area contributed by atoms with Crippen molar-refractivity contribution in [3.63, 3.8) is 0 Å². The van der Waals surface area contributed by atoms with E-state index in [1.54, 1.807) is 6.07 Å². The second kappa shape index (κ2) is 22.4. The van der Waals surface area contributed by atoms with Gasteiger partial charge in [0.1, 0.15) is 24.2 Å². The van der Waals surface area contributed by atoms with Crippen LogP contribution in [0.4, 0.5) is 0 Å². The zero-order valence-electron chi connectivity index (χ0n) is 40.6. The van der Waals surface area contributed by atoms with E-state index in [0.29, 0.717) is 37.0 Å². The first-order chi connectivity index (χ1) is 33.6. The van der Waals surface area contributed by atoms with Crippen LogP contribution in [0, 0.1) is 17.8 Å². The van der Waals surface area contributed by atoms with Crippen LogP contribution in [-0.4, -0.2) is 80.4 Å². The molecule has 3 aliphatic rings. The summed E-state index contributed by atoms with van der Waals surface area (Å²) in [5.41, 5.74) is 14.8. The molecule has 0 radical (unpaired) electrons. The SMILES string of the molecule is CNCC(NCC(C)O)C1c2cc(C(O)COc3cc(CCc4cc(CO)c(CCCCCCC(N)CC5C=Cc6c(ccc7cc8[nH]ccc8cc67)C5O)o4)ccc3O)[nH]c2CCC2CCCC21. The summed E-state index contributed by atoms with van der Waals surface area (Å²) in [5, 5.41) is 64.5. The third-order valence-electron chi connectivity index (χ3n) is 15.7. The molecule has 12 nitrogen and oxygen atoms in total. The fourth-order valence-corrected chi connectivity index (χ4v) is 12.0. The zero-order valence-corrected chi connectivity index (χ0v) is 40.6. The molecule has 0 spiro atoms. The molecule has 3 aromatic carbocycles. The van der Waals surface area contributed by atoms with Gasteiger partial charge in [0.2, 0.25) is 0 Å². The lowest BCUT2D eigenvalue weighted by Gasteiger charge is -2.35. The molecule has 0 amide bonds. The number of aliphatic hydroxyl groups excluding tert-OH is 4. The minimum atomic E-state index is -0.915. The van der Waals surface area contributed by atoms with Crippen molar-refractivity contribution in [2.24, 2.45) is 23.5 Å². The highest BCUT2D eigenvalue weighted by atomic mass is 16.5. The van der Waals surface area contributed by atoms with Crippen LogP contribution in [0.5, 0.6) is 11.5 Å². The molecule has 3 aliphatic carbocycles. The van der Waals surface area contributed by atoms with Gasteiger partial charge in [-0.3, -0.25) is 0 Å². The number of ether oxygens (including phenoxy) is 1. The number of furan rings is 1. The normalized spacial score (nSPS) is 21.8. The Hall–Kier alpha value is -4.92. The van der Waals surface area contributed by atoms with Gasteiger partial charge in [0.25, 0.3) is 0 Å².